The second-order valence-corrected chi connectivity index (χ2v) is 2.54. The standard InChI is InChI=1S/C10H7NO3/c1-14-10-8(5-12)2-7(4-11)3-9(10)6-13/h2-3,5-6H,1H3. The molecule has 0 aliphatic rings. The molecular formula is C10H7NO3. The summed E-state index contributed by atoms with van der Waals surface area (Å²) in [7, 11) is 1.36. The molecule has 0 bridgehead atoms. The maximum Gasteiger partial charge on any atom is 0.153 e. The highest BCUT2D eigenvalue weighted by molar-refractivity contribution is 5.89. The Balaban J connectivity index is 3.48. The van der Waals surface area contributed by atoms with Gasteiger partial charge in [0.2, 0.25) is 0 Å². The van der Waals surface area contributed by atoms with Crippen LogP contribution in [0.4, 0.5) is 0 Å². The molecule has 70 valence electrons. The Labute approximate surface area is 80.7 Å². The van der Waals surface area contributed by atoms with E-state index in [2.05, 4.69) is 0 Å². The number of nitrogens with zero attached hydrogens (tertiary/aromatic N) is 1. The number of rotatable bonds is 3. The Morgan fingerprint density at radius 2 is 1.79 bits per heavy atom. The summed E-state index contributed by atoms with van der Waals surface area (Å²) in [5.74, 6) is 0.203. The van der Waals surface area contributed by atoms with Crippen LogP contribution in [0.5, 0.6) is 5.75 Å². The molecule has 0 saturated carbocycles. The van der Waals surface area contributed by atoms with Crippen molar-refractivity contribution in [2.45, 2.75) is 0 Å². The zero-order valence-corrected chi connectivity index (χ0v) is 7.48. The topological polar surface area (TPSA) is 67.2 Å². The Hall–Kier alpha value is -2.15. The van der Waals surface area contributed by atoms with Crippen LogP contribution in [-0.4, -0.2) is 19.7 Å². The number of nitriles is 1. The average molecular weight is 189 g/mol. The smallest absolute Gasteiger partial charge is 0.153 e. The van der Waals surface area contributed by atoms with Gasteiger partial charge in [-0.25, -0.2) is 0 Å². The van der Waals surface area contributed by atoms with Crippen molar-refractivity contribution in [1.29, 1.82) is 5.26 Å². The van der Waals surface area contributed by atoms with Crippen molar-refractivity contribution in [3.05, 3.63) is 28.8 Å². The lowest BCUT2D eigenvalue weighted by molar-refractivity contribution is 0.111. The van der Waals surface area contributed by atoms with Crippen molar-refractivity contribution in [2.75, 3.05) is 7.11 Å². The van der Waals surface area contributed by atoms with E-state index in [1.807, 2.05) is 6.07 Å². The van der Waals surface area contributed by atoms with Gasteiger partial charge in [-0.2, -0.15) is 5.26 Å². The van der Waals surface area contributed by atoms with Crippen LogP contribution < -0.4 is 4.74 Å². The first-order valence-corrected chi connectivity index (χ1v) is 3.79. The van der Waals surface area contributed by atoms with Gasteiger partial charge in [-0.15, -0.1) is 0 Å². The van der Waals surface area contributed by atoms with Gasteiger partial charge in [0.05, 0.1) is 29.9 Å². The fraction of sp³-hybridized carbons (Fsp3) is 0.100. The second kappa shape index (κ2) is 4.19. The molecule has 0 heterocycles. The number of hydrogen-bond donors (Lipinski definition) is 0. The van der Waals surface area contributed by atoms with Crippen molar-refractivity contribution in [3.8, 4) is 11.8 Å². The minimum atomic E-state index is 0.202. The summed E-state index contributed by atoms with van der Waals surface area (Å²) in [6, 6.07) is 4.60. The number of methoxy groups -OCH3 is 1. The molecule has 0 fully saturated rings. The third-order valence-electron chi connectivity index (χ3n) is 1.73. The summed E-state index contributed by atoms with van der Waals surface area (Å²) in [5.41, 5.74) is 0.664. The van der Waals surface area contributed by atoms with E-state index in [0.717, 1.165) is 0 Å². The molecule has 1 aromatic carbocycles. The Morgan fingerprint density at radius 3 is 2.07 bits per heavy atom. The molecule has 0 spiro atoms. The zero-order valence-electron chi connectivity index (χ0n) is 7.48. The van der Waals surface area contributed by atoms with Gasteiger partial charge in [-0.3, -0.25) is 9.59 Å². The van der Waals surface area contributed by atoms with E-state index in [0.29, 0.717) is 12.6 Å². The van der Waals surface area contributed by atoms with E-state index >= 15 is 0 Å². The normalized spacial score (nSPS) is 8.86. The molecule has 0 aliphatic heterocycles. The molecule has 1 rings (SSSR count). The predicted molar refractivity (Wildman–Crippen MR) is 48.5 cm³/mol. The number of ether oxygens (including phenoxy) is 1. The first-order valence-electron chi connectivity index (χ1n) is 3.79. The lowest BCUT2D eigenvalue weighted by Gasteiger charge is -2.06. The summed E-state index contributed by atoms with van der Waals surface area (Å²) in [6.07, 6.45) is 1.10. The molecule has 0 unspecified atom stereocenters. The Kier molecular flexibility index (Phi) is 2.97. The quantitative estimate of drug-likeness (QED) is 0.670. The summed E-state index contributed by atoms with van der Waals surface area (Å²) < 4.78 is 4.89. The van der Waals surface area contributed by atoms with Crippen molar-refractivity contribution in [3.63, 3.8) is 0 Å². The van der Waals surface area contributed by atoms with Crippen LogP contribution in [0.3, 0.4) is 0 Å². The lowest BCUT2D eigenvalue weighted by Crippen LogP contribution is -1.97. The van der Waals surface area contributed by atoms with Gasteiger partial charge in [-0.05, 0) is 12.1 Å². The van der Waals surface area contributed by atoms with Gasteiger partial charge in [0.1, 0.15) is 5.75 Å². The molecule has 4 heteroatoms. The minimum Gasteiger partial charge on any atom is -0.495 e. The number of benzene rings is 1. The monoisotopic (exact) mass is 189 g/mol. The van der Waals surface area contributed by atoms with Crippen molar-refractivity contribution < 1.29 is 14.3 Å². The molecular weight excluding hydrogens is 182 g/mol. The molecule has 4 nitrogen and oxygen atoms in total. The lowest BCUT2D eigenvalue weighted by atomic mass is 10.1. The highest BCUT2D eigenvalue weighted by atomic mass is 16.5. The first kappa shape index (κ1) is 9.93. The maximum absolute atomic E-state index is 10.6. The van der Waals surface area contributed by atoms with Gasteiger partial charge < -0.3 is 4.74 Å². The number of carbonyl (C=O) groups is 2. The second-order valence-electron chi connectivity index (χ2n) is 2.54. The van der Waals surface area contributed by atoms with Gasteiger partial charge >= 0.3 is 0 Å². The zero-order chi connectivity index (χ0) is 10.6. The van der Waals surface area contributed by atoms with E-state index in [1.165, 1.54) is 19.2 Å². The van der Waals surface area contributed by atoms with Gasteiger partial charge in [0.15, 0.2) is 12.6 Å². The van der Waals surface area contributed by atoms with Crippen LogP contribution in [0, 0.1) is 11.3 Å². The largest absolute Gasteiger partial charge is 0.495 e. The van der Waals surface area contributed by atoms with Gasteiger partial charge in [0, 0.05) is 0 Å². The maximum atomic E-state index is 10.6. The van der Waals surface area contributed by atoms with Crippen LogP contribution in [-0.2, 0) is 0 Å². The molecule has 0 N–H and O–H groups in total. The molecule has 0 aliphatic carbocycles. The van der Waals surface area contributed by atoms with Crippen molar-refractivity contribution >= 4 is 12.6 Å². The molecule has 0 saturated heterocycles. The summed E-state index contributed by atoms with van der Waals surface area (Å²) in [6.45, 7) is 0. The predicted octanol–water partition coefficient (Wildman–Crippen LogP) is 1.19. The van der Waals surface area contributed by atoms with Gasteiger partial charge in [-0.1, -0.05) is 0 Å². The van der Waals surface area contributed by atoms with E-state index < -0.39 is 0 Å². The van der Waals surface area contributed by atoms with Crippen LogP contribution in [0.1, 0.15) is 26.3 Å². The van der Waals surface area contributed by atoms with Crippen LogP contribution in [0.15, 0.2) is 12.1 Å². The molecule has 0 radical (unpaired) electrons. The van der Waals surface area contributed by atoms with Crippen LogP contribution >= 0.6 is 0 Å². The average Bonchev–Trinajstić information content (AvgIpc) is 2.26. The van der Waals surface area contributed by atoms with Gasteiger partial charge in [0.25, 0.3) is 0 Å². The summed E-state index contributed by atoms with van der Waals surface area (Å²) in [5, 5.41) is 8.62. The van der Waals surface area contributed by atoms with E-state index in [9.17, 15) is 9.59 Å². The van der Waals surface area contributed by atoms with Crippen molar-refractivity contribution in [2.24, 2.45) is 0 Å². The molecule has 0 amide bonds. The molecule has 14 heavy (non-hydrogen) atoms. The summed E-state index contributed by atoms with van der Waals surface area (Å²) in [4.78, 5) is 21.2. The molecule has 0 atom stereocenters. The SMILES string of the molecule is COc1c(C=O)cc(C#N)cc1C=O. The molecule has 0 aromatic heterocycles. The third kappa shape index (κ3) is 1.62. The minimum absolute atomic E-state index is 0.202. The van der Waals surface area contributed by atoms with Crippen molar-refractivity contribution in [1.82, 2.24) is 0 Å². The summed E-state index contributed by atoms with van der Waals surface area (Å²) >= 11 is 0. The van der Waals surface area contributed by atoms with Crippen LogP contribution in [0.2, 0.25) is 0 Å². The van der Waals surface area contributed by atoms with E-state index in [-0.39, 0.29) is 22.4 Å². The number of aldehydes is 2. The Bertz CT molecular complexity index is 389. The highest BCUT2D eigenvalue weighted by Crippen LogP contribution is 2.22. The van der Waals surface area contributed by atoms with Crippen LogP contribution in [0.25, 0.3) is 0 Å². The van der Waals surface area contributed by atoms with E-state index in [4.69, 9.17) is 10.00 Å². The Morgan fingerprint density at radius 1 is 1.29 bits per heavy atom. The third-order valence-corrected chi connectivity index (χ3v) is 1.73. The number of hydrogen-bond acceptors (Lipinski definition) is 4. The van der Waals surface area contributed by atoms with E-state index in [1.54, 1.807) is 0 Å². The fourth-order valence-corrected chi connectivity index (χ4v) is 1.15. The fourth-order valence-electron chi connectivity index (χ4n) is 1.15. The molecule has 1 aromatic rings. The highest BCUT2D eigenvalue weighted by Gasteiger charge is 2.10. The number of carbonyl (C=O) groups excluding carboxylic acids is 2. The first-order chi connectivity index (χ1) is 6.76.